The van der Waals surface area contributed by atoms with Crippen LogP contribution in [0, 0.1) is 0 Å². The average molecular weight is 583 g/mol. The Bertz CT molecular complexity index is 2250. The van der Waals surface area contributed by atoms with Crippen molar-refractivity contribution < 1.29 is 4.57 Å². The molecule has 0 amide bonds. The first kappa shape index (κ1) is 26.6. The predicted molar refractivity (Wildman–Crippen MR) is 188 cm³/mol. The molecule has 0 N–H and O–H groups in total. The Morgan fingerprint density at radius 3 is 1.52 bits per heavy atom. The van der Waals surface area contributed by atoms with Gasteiger partial charge in [-0.05, 0) is 62.0 Å². The quantitative estimate of drug-likeness (QED) is 0.108. The largest absolute Gasteiger partial charge is 0.309 e. The van der Waals surface area contributed by atoms with E-state index in [9.17, 15) is 0 Å². The van der Waals surface area contributed by atoms with Crippen LogP contribution in [0.5, 0.6) is 0 Å². The summed E-state index contributed by atoms with van der Waals surface area (Å²) in [7, 11) is -3.08. The maximum Gasteiger partial charge on any atom is 0.171 e. The van der Waals surface area contributed by atoms with Crippen molar-refractivity contribution in [3.05, 3.63) is 187 Å². The van der Waals surface area contributed by atoms with E-state index in [1.807, 2.05) is 60.7 Å². The highest BCUT2D eigenvalue weighted by Crippen LogP contribution is 2.47. The maximum atomic E-state index is 15.1. The summed E-state index contributed by atoms with van der Waals surface area (Å²) in [6.45, 7) is 2.34. The number of hydrogen-bond donors (Lipinski definition) is 0. The monoisotopic (exact) mass is 582 g/mol. The minimum atomic E-state index is -3.08. The fourth-order valence-corrected chi connectivity index (χ4v) is 9.80. The highest BCUT2D eigenvalue weighted by molar-refractivity contribution is 7.85. The molecule has 1 atom stereocenters. The molecule has 44 heavy (non-hydrogen) atoms. The van der Waals surface area contributed by atoms with Crippen molar-refractivity contribution >= 4 is 55.4 Å². The zero-order valence-electron chi connectivity index (χ0n) is 24.5. The Morgan fingerprint density at radius 2 is 0.909 bits per heavy atom. The van der Waals surface area contributed by atoms with Crippen LogP contribution in [0.1, 0.15) is 23.6 Å². The minimum Gasteiger partial charge on any atom is -0.309 e. The Balaban J connectivity index is 1.38. The van der Waals surface area contributed by atoms with Crippen molar-refractivity contribution in [2.45, 2.75) is 12.3 Å². The Kier molecular flexibility index (Phi) is 6.26. The van der Waals surface area contributed by atoms with E-state index in [0.717, 1.165) is 21.5 Å². The molecule has 8 aromatic rings. The van der Waals surface area contributed by atoms with Crippen LogP contribution >= 0.6 is 7.14 Å². The minimum absolute atomic E-state index is 0.465. The molecule has 2 heteroatoms. The van der Waals surface area contributed by atoms with E-state index in [1.54, 1.807) is 0 Å². The highest BCUT2D eigenvalue weighted by atomic mass is 31.2. The lowest BCUT2D eigenvalue weighted by Gasteiger charge is -2.34. The summed E-state index contributed by atoms with van der Waals surface area (Å²) in [6, 6.07) is 59.3. The normalized spacial score (nSPS) is 13.4. The summed E-state index contributed by atoms with van der Waals surface area (Å²) in [5.74, 6) is 0. The van der Waals surface area contributed by atoms with E-state index in [1.165, 1.54) is 43.4 Å². The van der Waals surface area contributed by atoms with Gasteiger partial charge in [-0.15, -0.1) is 0 Å². The van der Waals surface area contributed by atoms with E-state index in [0.29, 0.717) is 0 Å². The van der Waals surface area contributed by atoms with Crippen molar-refractivity contribution in [2.24, 2.45) is 0 Å². The second kappa shape index (κ2) is 10.3. The van der Waals surface area contributed by atoms with Crippen LogP contribution in [0.2, 0.25) is 0 Å². The molecule has 0 bridgehead atoms. The van der Waals surface area contributed by atoms with Crippen molar-refractivity contribution in [1.29, 1.82) is 0 Å². The van der Waals surface area contributed by atoms with Gasteiger partial charge in [-0.3, -0.25) is 0 Å². The lowest BCUT2D eigenvalue weighted by Crippen LogP contribution is -2.28. The number of hydrogen-bond acceptors (Lipinski definition) is 1. The van der Waals surface area contributed by atoms with Gasteiger partial charge in [-0.25, -0.2) is 0 Å². The molecule has 0 aromatic heterocycles. The predicted octanol–water partition coefficient (Wildman–Crippen LogP) is 9.58. The van der Waals surface area contributed by atoms with Crippen LogP contribution < -0.4 is 15.9 Å². The lowest BCUT2D eigenvalue weighted by molar-refractivity contribution is 0.592. The smallest absolute Gasteiger partial charge is 0.171 e. The van der Waals surface area contributed by atoms with Crippen LogP contribution in [0.4, 0.5) is 0 Å². The Labute approximate surface area is 258 Å². The molecule has 8 rings (SSSR count). The number of benzene rings is 8. The molecule has 0 saturated carbocycles. The molecular weight excluding hydrogens is 551 g/mol. The van der Waals surface area contributed by atoms with Gasteiger partial charge in [-0.2, -0.15) is 0 Å². The second-order valence-electron chi connectivity index (χ2n) is 11.8. The first-order valence-corrected chi connectivity index (χ1v) is 16.8. The van der Waals surface area contributed by atoms with E-state index < -0.39 is 12.6 Å². The van der Waals surface area contributed by atoms with Crippen LogP contribution in [0.25, 0.3) is 32.3 Å². The van der Waals surface area contributed by atoms with Crippen LogP contribution in [0.15, 0.2) is 170 Å². The zero-order chi connectivity index (χ0) is 29.7. The van der Waals surface area contributed by atoms with E-state index in [2.05, 4.69) is 116 Å². The third kappa shape index (κ3) is 3.97. The summed E-state index contributed by atoms with van der Waals surface area (Å²) in [5.41, 5.74) is 3.18. The average Bonchev–Trinajstić information content (AvgIpc) is 3.11. The van der Waals surface area contributed by atoms with Crippen LogP contribution in [-0.2, 0) is 9.98 Å². The fourth-order valence-electron chi connectivity index (χ4n) is 7.15. The molecule has 1 unspecified atom stereocenters. The molecule has 1 nitrogen and oxygen atoms in total. The van der Waals surface area contributed by atoms with Crippen molar-refractivity contribution in [3.63, 3.8) is 0 Å². The molecule has 0 radical (unpaired) electrons. The Hall–Kier alpha value is -4.97. The Morgan fingerprint density at radius 1 is 0.432 bits per heavy atom. The van der Waals surface area contributed by atoms with Gasteiger partial charge in [0, 0.05) is 21.3 Å². The lowest BCUT2D eigenvalue weighted by atomic mass is 9.69. The topological polar surface area (TPSA) is 17.1 Å². The third-order valence-corrected chi connectivity index (χ3v) is 12.5. The third-order valence-electron chi connectivity index (χ3n) is 9.45. The molecule has 0 aliphatic heterocycles. The highest BCUT2D eigenvalue weighted by Gasteiger charge is 2.35. The van der Waals surface area contributed by atoms with Gasteiger partial charge in [0.1, 0.15) is 0 Å². The summed E-state index contributed by atoms with van der Waals surface area (Å²) in [6.07, 6.45) is 0. The molecule has 0 heterocycles. The molecule has 210 valence electrons. The van der Waals surface area contributed by atoms with Crippen molar-refractivity contribution in [1.82, 2.24) is 0 Å². The van der Waals surface area contributed by atoms with Gasteiger partial charge in [-0.1, -0.05) is 164 Å². The van der Waals surface area contributed by atoms with Gasteiger partial charge < -0.3 is 4.57 Å². The maximum absolute atomic E-state index is 15.1. The first-order chi connectivity index (χ1) is 21.6. The molecule has 8 aromatic carbocycles. The van der Waals surface area contributed by atoms with Crippen molar-refractivity contribution in [3.8, 4) is 0 Å². The van der Waals surface area contributed by atoms with Crippen LogP contribution in [-0.4, -0.2) is 0 Å². The summed E-state index contributed by atoms with van der Waals surface area (Å²) < 4.78 is 15.1. The zero-order valence-corrected chi connectivity index (χ0v) is 25.4. The fraction of sp³-hybridized carbons (Fsp3) is 0.0476. The van der Waals surface area contributed by atoms with Gasteiger partial charge in [0.25, 0.3) is 0 Å². The molecular formula is C42H31OP. The van der Waals surface area contributed by atoms with E-state index >= 15 is 4.57 Å². The molecule has 0 saturated heterocycles. The van der Waals surface area contributed by atoms with E-state index in [-0.39, 0.29) is 0 Å². The van der Waals surface area contributed by atoms with Crippen LogP contribution in [0.3, 0.4) is 0 Å². The summed E-state index contributed by atoms with van der Waals surface area (Å²) in [5, 5.41) is 10.2. The van der Waals surface area contributed by atoms with Crippen molar-refractivity contribution in [2.75, 3.05) is 0 Å². The van der Waals surface area contributed by atoms with E-state index in [4.69, 9.17) is 0 Å². The van der Waals surface area contributed by atoms with Gasteiger partial charge in [0.15, 0.2) is 7.14 Å². The number of rotatable bonds is 6. The second-order valence-corrected chi connectivity index (χ2v) is 14.6. The molecule has 0 fully saturated rings. The first-order valence-electron chi connectivity index (χ1n) is 15.1. The van der Waals surface area contributed by atoms with Gasteiger partial charge in [0.2, 0.25) is 0 Å². The SMILES string of the molecule is CC(c1ccccc1)(c1ccc(P(=O)(c2ccccc2)c2ccccc2)cc1)c1cc2cccc3ccc4cccc1c4c32. The molecule has 0 spiro atoms. The summed E-state index contributed by atoms with van der Waals surface area (Å²) in [4.78, 5) is 0. The molecule has 0 aliphatic rings. The van der Waals surface area contributed by atoms with Gasteiger partial charge >= 0.3 is 0 Å². The standard InChI is InChI=1S/C42H31OP/c1-42(33-16-5-2-6-17-33,39-29-32-15-11-13-30-23-24-31-14-12-22-38(39)41(31)40(30)32)34-25-27-37(28-26-34)44(43,35-18-7-3-8-19-35)36-20-9-4-10-21-36/h2-29H,1H3. The van der Waals surface area contributed by atoms with Gasteiger partial charge in [0.05, 0.1) is 0 Å². The molecule has 0 aliphatic carbocycles. The summed E-state index contributed by atoms with van der Waals surface area (Å²) >= 11 is 0.